The van der Waals surface area contributed by atoms with Crippen LogP contribution in [0.15, 0.2) is 18.2 Å². The number of amides is 1. The zero-order chi connectivity index (χ0) is 12.4. The molecule has 1 amide bonds. The van der Waals surface area contributed by atoms with Gasteiger partial charge in [0.05, 0.1) is 0 Å². The molecule has 0 heterocycles. The SMILES string of the molecule is Cc1cc(C(=O)N(C)CC2CCC2)ccc1F. The van der Waals surface area contributed by atoms with Crippen molar-refractivity contribution in [1.82, 2.24) is 4.90 Å². The van der Waals surface area contributed by atoms with Gasteiger partial charge in [0, 0.05) is 19.2 Å². The Bertz CT molecular complexity index is 426. The summed E-state index contributed by atoms with van der Waals surface area (Å²) in [7, 11) is 1.82. The Labute approximate surface area is 101 Å². The van der Waals surface area contributed by atoms with Crippen LogP contribution in [0.3, 0.4) is 0 Å². The molecule has 2 rings (SSSR count). The highest BCUT2D eigenvalue weighted by Gasteiger charge is 2.22. The van der Waals surface area contributed by atoms with E-state index in [9.17, 15) is 9.18 Å². The summed E-state index contributed by atoms with van der Waals surface area (Å²) in [5.41, 5.74) is 1.10. The second kappa shape index (κ2) is 4.86. The summed E-state index contributed by atoms with van der Waals surface area (Å²) < 4.78 is 13.1. The molecule has 0 unspecified atom stereocenters. The monoisotopic (exact) mass is 235 g/mol. The predicted octanol–water partition coefficient (Wildman–Crippen LogP) is 3.01. The molecule has 17 heavy (non-hydrogen) atoms. The highest BCUT2D eigenvalue weighted by atomic mass is 19.1. The number of carbonyl (C=O) groups is 1. The molecule has 3 heteroatoms. The zero-order valence-corrected chi connectivity index (χ0v) is 10.4. The van der Waals surface area contributed by atoms with Crippen molar-refractivity contribution >= 4 is 5.91 Å². The minimum absolute atomic E-state index is 0.0139. The average molecular weight is 235 g/mol. The minimum atomic E-state index is -0.261. The van der Waals surface area contributed by atoms with E-state index < -0.39 is 0 Å². The highest BCUT2D eigenvalue weighted by Crippen LogP contribution is 2.27. The van der Waals surface area contributed by atoms with Crippen molar-refractivity contribution in [3.05, 3.63) is 35.1 Å². The van der Waals surface area contributed by atoms with Crippen molar-refractivity contribution in [2.75, 3.05) is 13.6 Å². The predicted molar refractivity (Wildman–Crippen MR) is 65.4 cm³/mol. The van der Waals surface area contributed by atoms with Gasteiger partial charge in [-0.1, -0.05) is 6.42 Å². The van der Waals surface area contributed by atoms with Crippen LogP contribution in [0.1, 0.15) is 35.2 Å². The molecule has 2 nitrogen and oxygen atoms in total. The number of nitrogens with zero attached hydrogens (tertiary/aromatic N) is 1. The van der Waals surface area contributed by atoms with E-state index in [1.807, 2.05) is 7.05 Å². The van der Waals surface area contributed by atoms with E-state index >= 15 is 0 Å². The van der Waals surface area contributed by atoms with Crippen molar-refractivity contribution in [3.8, 4) is 0 Å². The van der Waals surface area contributed by atoms with Crippen LogP contribution in [0.5, 0.6) is 0 Å². The normalized spacial score (nSPS) is 15.5. The van der Waals surface area contributed by atoms with E-state index in [-0.39, 0.29) is 11.7 Å². The maximum atomic E-state index is 13.1. The molecular weight excluding hydrogens is 217 g/mol. The summed E-state index contributed by atoms with van der Waals surface area (Å²) >= 11 is 0. The van der Waals surface area contributed by atoms with Gasteiger partial charge in [-0.3, -0.25) is 4.79 Å². The minimum Gasteiger partial charge on any atom is -0.341 e. The van der Waals surface area contributed by atoms with Gasteiger partial charge in [0.2, 0.25) is 0 Å². The molecule has 0 N–H and O–H groups in total. The number of aryl methyl sites for hydroxylation is 1. The molecule has 1 fully saturated rings. The number of benzene rings is 1. The standard InChI is InChI=1S/C14H18FNO/c1-10-8-12(6-7-13(10)15)14(17)16(2)9-11-4-3-5-11/h6-8,11H,3-5,9H2,1-2H3. The smallest absolute Gasteiger partial charge is 0.253 e. The Kier molecular flexibility index (Phi) is 3.46. The van der Waals surface area contributed by atoms with Gasteiger partial charge in [-0.2, -0.15) is 0 Å². The summed E-state index contributed by atoms with van der Waals surface area (Å²) in [4.78, 5) is 13.8. The van der Waals surface area contributed by atoms with E-state index in [1.54, 1.807) is 24.0 Å². The van der Waals surface area contributed by atoms with Gasteiger partial charge >= 0.3 is 0 Å². The van der Waals surface area contributed by atoms with Crippen LogP contribution in [0.25, 0.3) is 0 Å². The van der Waals surface area contributed by atoms with Crippen LogP contribution < -0.4 is 0 Å². The Morgan fingerprint density at radius 3 is 2.71 bits per heavy atom. The first-order chi connectivity index (χ1) is 8.08. The maximum Gasteiger partial charge on any atom is 0.253 e. The molecule has 92 valence electrons. The lowest BCUT2D eigenvalue weighted by molar-refractivity contribution is 0.0745. The van der Waals surface area contributed by atoms with Gasteiger partial charge in [0.1, 0.15) is 5.82 Å². The van der Waals surface area contributed by atoms with Crippen molar-refractivity contribution in [1.29, 1.82) is 0 Å². The number of carbonyl (C=O) groups excluding carboxylic acids is 1. The third-order valence-corrected chi connectivity index (χ3v) is 3.51. The summed E-state index contributed by atoms with van der Waals surface area (Å²) in [5.74, 6) is 0.383. The lowest BCUT2D eigenvalue weighted by Crippen LogP contribution is -2.34. The fraction of sp³-hybridized carbons (Fsp3) is 0.500. The van der Waals surface area contributed by atoms with Crippen molar-refractivity contribution < 1.29 is 9.18 Å². The maximum absolute atomic E-state index is 13.1. The number of rotatable bonds is 3. The van der Waals surface area contributed by atoms with Crippen molar-refractivity contribution in [2.24, 2.45) is 5.92 Å². The largest absolute Gasteiger partial charge is 0.341 e. The van der Waals surface area contributed by atoms with Crippen LogP contribution in [0.2, 0.25) is 0 Å². The third-order valence-electron chi connectivity index (χ3n) is 3.51. The molecule has 0 aliphatic heterocycles. The summed E-state index contributed by atoms with van der Waals surface area (Å²) in [5, 5.41) is 0. The number of hydrogen-bond acceptors (Lipinski definition) is 1. The Balaban J connectivity index is 2.04. The second-order valence-electron chi connectivity index (χ2n) is 4.95. The lowest BCUT2D eigenvalue weighted by atomic mass is 9.85. The molecular formula is C14H18FNO. The Hall–Kier alpha value is -1.38. The molecule has 1 aromatic rings. The van der Waals surface area contributed by atoms with Crippen molar-refractivity contribution in [3.63, 3.8) is 0 Å². The molecule has 1 aromatic carbocycles. The molecule has 0 aromatic heterocycles. The Morgan fingerprint density at radius 1 is 1.47 bits per heavy atom. The molecule has 1 aliphatic rings. The molecule has 0 atom stereocenters. The van der Waals surface area contributed by atoms with Crippen LogP contribution in [0.4, 0.5) is 4.39 Å². The molecule has 0 radical (unpaired) electrons. The van der Waals surface area contributed by atoms with Gasteiger partial charge in [-0.25, -0.2) is 4.39 Å². The topological polar surface area (TPSA) is 20.3 Å². The molecule has 0 saturated heterocycles. The summed E-state index contributed by atoms with van der Waals surface area (Å²) in [6.07, 6.45) is 3.72. The van der Waals surface area contributed by atoms with E-state index in [0.29, 0.717) is 17.0 Å². The zero-order valence-electron chi connectivity index (χ0n) is 10.4. The van der Waals surface area contributed by atoms with Crippen molar-refractivity contribution in [2.45, 2.75) is 26.2 Å². The Morgan fingerprint density at radius 2 is 2.18 bits per heavy atom. The van der Waals surface area contributed by atoms with Gasteiger partial charge in [-0.05, 0) is 49.4 Å². The second-order valence-corrected chi connectivity index (χ2v) is 4.95. The molecule has 1 saturated carbocycles. The van der Waals surface area contributed by atoms with Gasteiger partial charge in [-0.15, -0.1) is 0 Å². The third kappa shape index (κ3) is 2.65. The van der Waals surface area contributed by atoms with Gasteiger partial charge in [0.15, 0.2) is 0 Å². The molecule has 0 spiro atoms. The van der Waals surface area contributed by atoms with Crippen LogP contribution in [-0.4, -0.2) is 24.4 Å². The van der Waals surface area contributed by atoms with Gasteiger partial charge < -0.3 is 4.90 Å². The van der Waals surface area contributed by atoms with Gasteiger partial charge in [0.25, 0.3) is 5.91 Å². The number of hydrogen-bond donors (Lipinski definition) is 0. The summed E-state index contributed by atoms with van der Waals surface area (Å²) in [6, 6.07) is 4.54. The quantitative estimate of drug-likeness (QED) is 0.788. The van der Waals surface area contributed by atoms with Crippen LogP contribution in [-0.2, 0) is 0 Å². The number of halogens is 1. The average Bonchev–Trinajstić information content (AvgIpc) is 2.26. The fourth-order valence-corrected chi connectivity index (χ4v) is 2.14. The first-order valence-electron chi connectivity index (χ1n) is 6.09. The van der Waals surface area contributed by atoms with Crippen LogP contribution >= 0.6 is 0 Å². The fourth-order valence-electron chi connectivity index (χ4n) is 2.14. The van der Waals surface area contributed by atoms with E-state index in [1.165, 1.54) is 25.3 Å². The van der Waals surface area contributed by atoms with E-state index in [2.05, 4.69) is 0 Å². The highest BCUT2D eigenvalue weighted by molar-refractivity contribution is 5.94. The van der Waals surface area contributed by atoms with E-state index in [0.717, 1.165) is 6.54 Å². The molecule has 1 aliphatic carbocycles. The first-order valence-corrected chi connectivity index (χ1v) is 6.09. The van der Waals surface area contributed by atoms with E-state index in [4.69, 9.17) is 0 Å². The van der Waals surface area contributed by atoms with Crippen LogP contribution in [0, 0.1) is 18.7 Å². The molecule has 0 bridgehead atoms. The lowest BCUT2D eigenvalue weighted by Gasteiger charge is -2.30. The first kappa shape index (κ1) is 12.1. The summed E-state index contributed by atoms with van der Waals surface area (Å²) in [6.45, 7) is 2.49.